The molecule has 0 bridgehead atoms. The predicted molar refractivity (Wildman–Crippen MR) is 99.4 cm³/mol. The molecule has 6 heteroatoms. The van der Waals surface area contributed by atoms with Gasteiger partial charge in [-0.15, -0.1) is 11.6 Å². The van der Waals surface area contributed by atoms with E-state index in [0.29, 0.717) is 6.42 Å². The summed E-state index contributed by atoms with van der Waals surface area (Å²) >= 11 is 6.60. The van der Waals surface area contributed by atoms with Crippen molar-refractivity contribution in [2.75, 3.05) is 6.61 Å². The Kier molecular flexibility index (Phi) is 5.28. The van der Waals surface area contributed by atoms with E-state index in [1.54, 1.807) is 0 Å². The van der Waals surface area contributed by atoms with Gasteiger partial charge >= 0.3 is 0 Å². The van der Waals surface area contributed by atoms with E-state index in [-0.39, 0.29) is 52.9 Å². The number of amides is 2. The third-order valence-electron chi connectivity index (χ3n) is 7.34. The van der Waals surface area contributed by atoms with Gasteiger partial charge in [-0.2, -0.15) is 0 Å². The summed E-state index contributed by atoms with van der Waals surface area (Å²) in [4.78, 5) is 23.4. The number of allylic oxidation sites excluding steroid dienone is 1. The number of nitrogens with one attached hydrogen (secondary N) is 1. The third-order valence-corrected chi connectivity index (χ3v) is 7.65. The molecule has 146 valence electrons. The largest absolute Gasteiger partial charge is 0.396 e. The van der Waals surface area contributed by atoms with Crippen LogP contribution in [-0.2, 0) is 9.59 Å². The lowest BCUT2D eigenvalue weighted by Gasteiger charge is -2.59. The number of aliphatic hydroxyl groups is 2. The normalized spacial score (nSPS) is 44.6. The summed E-state index contributed by atoms with van der Waals surface area (Å²) < 4.78 is 0. The Morgan fingerprint density at radius 1 is 1.35 bits per heavy atom. The second kappa shape index (κ2) is 6.92. The van der Waals surface area contributed by atoms with Crippen LogP contribution in [0.3, 0.4) is 0 Å². The van der Waals surface area contributed by atoms with Crippen LogP contribution in [0.1, 0.15) is 52.4 Å². The molecule has 0 radical (unpaired) electrons. The van der Waals surface area contributed by atoms with E-state index in [4.69, 9.17) is 11.6 Å². The molecule has 0 aromatic carbocycles. The van der Waals surface area contributed by atoms with Crippen LogP contribution in [0.25, 0.3) is 0 Å². The van der Waals surface area contributed by atoms with Gasteiger partial charge in [-0.05, 0) is 54.8 Å². The minimum absolute atomic E-state index is 0.0205. The smallest absolute Gasteiger partial charge is 0.232 e. The van der Waals surface area contributed by atoms with Crippen molar-refractivity contribution < 1.29 is 19.8 Å². The van der Waals surface area contributed by atoms with Gasteiger partial charge in [-0.1, -0.05) is 26.0 Å². The van der Waals surface area contributed by atoms with E-state index in [1.807, 2.05) is 0 Å². The standard InChI is InChI=1S/C20H30ClNO4/c1-11-4-5-16-19(2,10-23)8-12(21)9-20(16,3)14(11)7-15(24)13-6-17(25)22-18(13)26/h12-16,23-24H,1,4-10H2,2-3H3,(H,22,25,26). The lowest BCUT2D eigenvalue weighted by molar-refractivity contribution is -0.128. The van der Waals surface area contributed by atoms with Gasteiger partial charge < -0.3 is 10.2 Å². The second-order valence-corrected chi connectivity index (χ2v) is 9.77. The first-order valence-corrected chi connectivity index (χ1v) is 9.98. The van der Waals surface area contributed by atoms with Crippen LogP contribution in [0.4, 0.5) is 0 Å². The van der Waals surface area contributed by atoms with Crippen LogP contribution in [-0.4, -0.2) is 40.1 Å². The van der Waals surface area contributed by atoms with Crippen molar-refractivity contribution in [3.8, 4) is 0 Å². The molecule has 2 amide bonds. The lowest BCUT2D eigenvalue weighted by atomic mass is 9.46. The summed E-state index contributed by atoms with van der Waals surface area (Å²) in [5.41, 5.74) is 0.653. The molecule has 0 aromatic rings. The first kappa shape index (κ1) is 19.8. The van der Waals surface area contributed by atoms with Crippen molar-refractivity contribution >= 4 is 23.4 Å². The number of aliphatic hydroxyl groups excluding tert-OH is 2. The first-order valence-electron chi connectivity index (χ1n) is 9.55. The Morgan fingerprint density at radius 2 is 2.04 bits per heavy atom. The van der Waals surface area contributed by atoms with Crippen LogP contribution in [0.15, 0.2) is 12.2 Å². The number of hydrogen-bond acceptors (Lipinski definition) is 4. The van der Waals surface area contributed by atoms with Crippen LogP contribution < -0.4 is 5.32 Å². The highest BCUT2D eigenvalue weighted by Crippen LogP contribution is 2.62. The highest BCUT2D eigenvalue weighted by atomic mass is 35.5. The number of halogens is 1. The number of imide groups is 1. The molecule has 0 spiro atoms. The minimum Gasteiger partial charge on any atom is -0.396 e. The van der Waals surface area contributed by atoms with Crippen molar-refractivity contribution in [3.05, 3.63) is 12.2 Å². The average Bonchev–Trinajstić information content (AvgIpc) is 2.88. The topological polar surface area (TPSA) is 86.6 Å². The van der Waals surface area contributed by atoms with Gasteiger partial charge in [0, 0.05) is 18.4 Å². The van der Waals surface area contributed by atoms with Crippen LogP contribution in [0.5, 0.6) is 0 Å². The van der Waals surface area contributed by atoms with E-state index in [1.165, 1.54) is 0 Å². The molecule has 1 heterocycles. The Labute approximate surface area is 160 Å². The minimum atomic E-state index is -0.880. The van der Waals surface area contributed by atoms with E-state index < -0.39 is 12.0 Å². The fourth-order valence-electron chi connectivity index (χ4n) is 6.07. The molecule has 3 fully saturated rings. The van der Waals surface area contributed by atoms with Crippen molar-refractivity contribution in [3.63, 3.8) is 0 Å². The zero-order valence-electron chi connectivity index (χ0n) is 15.6. The lowest BCUT2D eigenvalue weighted by Crippen LogP contribution is -2.55. The third kappa shape index (κ3) is 3.23. The summed E-state index contributed by atoms with van der Waals surface area (Å²) in [5.74, 6) is -1.08. The maximum atomic E-state index is 11.9. The zero-order chi connectivity index (χ0) is 19.3. The molecular weight excluding hydrogens is 354 g/mol. The molecular formula is C20H30ClNO4. The number of hydrogen-bond donors (Lipinski definition) is 3. The quantitative estimate of drug-likeness (QED) is 0.395. The highest BCUT2D eigenvalue weighted by Gasteiger charge is 2.57. The van der Waals surface area contributed by atoms with E-state index in [9.17, 15) is 19.8 Å². The van der Waals surface area contributed by atoms with Crippen LogP contribution in [0.2, 0.25) is 0 Å². The second-order valence-electron chi connectivity index (χ2n) is 9.15. The predicted octanol–water partition coefficient (Wildman–Crippen LogP) is 2.39. The molecule has 3 rings (SSSR count). The monoisotopic (exact) mass is 383 g/mol. The number of rotatable bonds is 4. The number of fused-ring (bicyclic) bond motifs is 1. The maximum Gasteiger partial charge on any atom is 0.232 e. The average molecular weight is 384 g/mol. The summed E-state index contributed by atoms with van der Waals surface area (Å²) in [7, 11) is 0. The van der Waals surface area contributed by atoms with Crippen LogP contribution in [0, 0.1) is 28.6 Å². The molecule has 1 saturated heterocycles. The van der Waals surface area contributed by atoms with Gasteiger partial charge in [-0.25, -0.2) is 0 Å². The van der Waals surface area contributed by atoms with E-state index in [0.717, 1.165) is 31.3 Å². The van der Waals surface area contributed by atoms with Gasteiger partial charge in [0.2, 0.25) is 11.8 Å². The number of alkyl halides is 1. The fraction of sp³-hybridized carbons (Fsp3) is 0.800. The van der Waals surface area contributed by atoms with Gasteiger partial charge in [0.1, 0.15) is 0 Å². The molecule has 2 saturated carbocycles. The van der Waals surface area contributed by atoms with E-state index >= 15 is 0 Å². The van der Waals surface area contributed by atoms with Gasteiger partial charge in [0.05, 0.1) is 12.0 Å². The van der Waals surface area contributed by atoms with Gasteiger partial charge in [0.25, 0.3) is 0 Å². The van der Waals surface area contributed by atoms with Gasteiger partial charge in [0.15, 0.2) is 0 Å². The molecule has 3 N–H and O–H groups in total. The molecule has 7 atom stereocenters. The maximum absolute atomic E-state index is 11.9. The molecule has 0 aromatic heterocycles. The van der Waals surface area contributed by atoms with Crippen molar-refractivity contribution in [2.45, 2.75) is 63.9 Å². The van der Waals surface area contributed by atoms with Crippen molar-refractivity contribution in [2.24, 2.45) is 28.6 Å². The number of carbonyl (C=O) groups is 2. The summed E-state index contributed by atoms with van der Waals surface area (Å²) in [6, 6.07) is 0. The van der Waals surface area contributed by atoms with Gasteiger partial charge in [-0.3, -0.25) is 14.9 Å². The zero-order valence-corrected chi connectivity index (χ0v) is 16.4. The Morgan fingerprint density at radius 3 is 2.62 bits per heavy atom. The van der Waals surface area contributed by atoms with Crippen molar-refractivity contribution in [1.82, 2.24) is 5.32 Å². The molecule has 7 unspecified atom stereocenters. The van der Waals surface area contributed by atoms with E-state index in [2.05, 4.69) is 25.7 Å². The number of carbonyl (C=O) groups excluding carboxylic acids is 2. The molecule has 2 aliphatic carbocycles. The fourth-order valence-corrected chi connectivity index (χ4v) is 6.76. The van der Waals surface area contributed by atoms with Crippen molar-refractivity contribution in [1.29, 1.82) is 0 Å². The SMILES string of the molecule is C=C1CCC2C(C)(CO)CC(Cl)CC2(C)C1CC(O)C1CC(=O)NC1=O. The van der Waals surface area contributed by atoms with Crippen LogP contribution >= 0.6 is 11.6 Å². The first-order chi connectivity index (χ1) is 12.1. The molecule has 3 aliphatic rings. The molecule has 26 heavy (non-hydrogen) atoms. The Hall–Kier alpha value is -0.910. The highest BCUT2D eigenvalue weighted by molar-refractivity contribution is 6.20. The molecule has 1 aliphatic heterocycles. The molecule has 5 nitrogen and oxygen atoms in total. The Bertz CT molecular complexity index is 623. The Balaban J connectivity index is 1.86. The summed E-state index contributed by atoms with van der Waals surface area (Å²) in [5, 5.41) is 23.0. The summed E-state index contributed by atoms with van der Waals surface area (Å²) in [6.45, 7) is 8.66. The summed E-state index contributed by atoms with van der Waals surface area (Å²) in [6.07, 6.45) is 2.98.